The normalized spacial score (nSPS) is 8.17. The second-order valence-electron chi connectivity index (χ2n) is 3.51. The lowest BCUT2D eigenvalue weighted by Crippen LogP contribution is -1.92. The molecule has 0 heterocycles. The Balaban J connectivity index is -0.000000200. The van der Waals surface area contributed by atoms with E-state index in [9.17, 15) is 9.59 Å². The average molecular weight is 264 g/mol. The third kappa shape index (κ3) is 63.1. The molecule has 0 aromatic heterocycles. The van der Waals surface area contributed by atoms with Crippen molar-refractivity contribution in [3.05, 3.63) is 0 Å². The fourth-order valence-corrected chi connectivity index (χ4v) is 0.740. The van der Waals surface area contributed by atoms with Crippen LogP contribution in [0.3, 0.4) is 0 Å². The van der Waals surface area contributed by atoms with Crippen LogP contribution in [0.2, 0.25) is 0 Å². The molecule has 0 unspecified atom stereocenters. The molecule has 0 atom stereocenters. The molecule has 0 aliphatic carbocycles. The molecule has 0 aromatic rings. The van der Waals surface area contributed by atoms with Crippen molar-refractivity contribution in [3.8, 4) is 0 Å². The van der Waals surface area contributed by atoms with Crippen LogP contribution < -0.4 is 0 Å². The van der Waals surface area contributed by atoms with Crippen LogP contribution >= 0.6 is 0 Å². The molecule has 108 valence electrons. The minimum absolute atomic E-state index is 0.292. The Labute approximate surface area is 108 Å². The maximum atomic E-state index is 9.87. The van der Waals surface area contributed by atoms with E-state index >= 15 is 0 Å². The van der Waals surface area contributed by atoms with E-state index in [-0.39, 0.29) is 0 Å². The molecule has 6 nitrogen and oxygen atoms in total. The Morgan fingerprint density at radius 3 is 1.33 bits per heavy atom. The predicted molar refractivity (Wildman–Crippen MR) is 67.6 cm³/mol. The molecule has 0 amide bonds. The Bertz CT molecular complexity index is 221. The fourth-order valence-electron chi connectivity index (χ4n) is 0.740. The van der Waals surface area contributed by atoms with Gasteiger partial charge in [0.25, 0.3) is 5.97 Å². The topological polar surface area (TPSA) is 112 Å². The molecule has 18 heavy (non-hydrogen) atoms. The van der Waals surface area contributed by atoms with E-state index in [2.05, 4.69) is 6.92 Å². The summed E-state index contributed by atoms with van der Waals surface area (Å²) in [6, 6.07) is 0. The van der Waals surface area contributed by atoms with Gasteiger partial charge in [0.05, 0.1) is 0 Å². The molecule has 0 bridgehead atoms. The van der Waals surface area contributed by atoms with E-state index in [0.717, 1.165) is 32.6 Å². The van der Waals surface area contributed by atoms with Crippen LogP contribution in [0.5, 0.6) is 0 Å². The predicted octanol–water partition coefficient (Wildman–Crippen LogP) is 2.61. The highest BCUT2D eigenvalue weighted by Crippen LogP contribution is 1.97. The molecule has 0 rings (SSSR count). The first-order valence-electron chi connectivity index (χ1n) is 5.90. The van der Waals surface area contributed by atoms with Gasteiger partial charge in [-0.15, -0.1) is 0 Å². The first kappa shape index (κ1) is 21.7. The molecule has 0 spiro atoms. The molecule has 6 heteroatoms. The number of hydrogen-bond donors (Lipinski definition) is 3. The van der Waals surface area contributed by atoms with Gasteiger partial charge in [0.15, 0.2) is 0 Å². The highest BCUT2D eigenvalue weighted by atomic mass is 16.4. The van der Waals surface area contributed by atoms with Crippen LogP contribution in [-0.2, 0) is 14.4 Å². The highest BCUT2D eigenvalue weighted by molar-refractivity contribution is 5.66. The van der Waals surface area contributed by atoms with Crippen molar-refractivity contribution in [1.29, 1.82) is 0 Å². The zero-order valence-corrected chi connectivity index (χ0v) is 11.3. The Hall–Kier alpha value is -1.59. The van der Waals surface area contributed by atoms with Crippen LogP contribution in [0.4, 0.5) is 0 Å². The number of hydrogen-bond acceptors (Lipinski definition) is 3. The van der Waals surface area contributed by atoms with Crippen molar-refractivity contribution in [1.82, 2.24) is 0 Å². The second kappa shape index (κ2) is 17.8. The van der Waals surface area contributed by atoms with E-state index < -0.39 is 17.9 Å². The van der Waals surface area contributed by atoms with Gasteiger partial charge in [0.1, 0.15) is 0 Å². The molecule has 0 radical (unpaired) electrons. The van der Waals surface area contributed by atoms with Gasteiger partial charge >= 0.3 is 11.9 Å². The van der Waals surface area contributed by atoms with Gasteiger partial charge in [-0.25, -0.2) is 0 Å². The summed E-state index contributed by atoms with van der Waals surface area (Å²) in [5, 5.41) is 23.5. The highest BCUT2D eigenvalue weighted by Gasteiger charge is 1.92. The van der Waals surface area contributed by atoms with Crippen LogP contribution in [0.15, 0.2) is 0 Å². The third-order valence-electron chi connectivity index (χ3n) is 1.46. The minimum Gasteiger partial charge on any atom is -0.481 e. The Morgan fingerprint density at radius 1 is 0.778 bits per heavy atom. The van der Waals surface area contributed by atoms with Gasteiger partial charge in [-0.2, -0.15) is 0 Å². The standard InChI is InChI=1S/C6H12O2.C4H8O2.C2H4O2/c1-2-3-4-5-6(7)8;1-2-3-4(5)6;1-2(3)4/h2-5H2,1H3,(H,7,8);2-3H2,1H3,(H,5,6);1H3,(H,3,4). The third-order valence-corrected chi connectivity index (χ3v) is 1.46. The number of rotatable bonds is 6. The maximum Gasteiger partial charge on any atom is 0.303 e. The molecule has 0 fully saturated rings. The second-order valence-corrected chi connectivity index (χ2v) is 3.51. The molecule has 0 saturated carbocycles. The van der Waals surface area contributed by atoms with Crippen LogP contribution in [0, 0.1) is 0 Å². The number of aliphatic carboxylic acids is 3. The molecule has 0 saturated heterocycles. The number of unbranched alkanes of at least 4 members (excludes halogenated alkanes) is 2. The molecule has 0 aromatic carbocycles. The SMILES string of the molecule is CC(=O)O.CCCC(=O)O.CCCCCC(=O)O. The lowest BCUT2D eigenvalue weighted by atomic mass is 10.2. The smallest absolute Gasteiger partial charge is 0.303 e. The first-order valence-corrected chi connectivity index (χ1v) is 5.90. The molecule has 0 aliphatic heterocycles. The number of carboxylic acids is 3. The van der Waals surface area contributed by atoms with Gasteiger partial charge in [-0.05, 0) is 12.8 Å². The number of carbonyl (C=O) groups is 3. The summed E-state index contributed by atoms with van der Waals surface area (Å²) in [6.45, 7) is 4.98. The van der Waals surface area contributed by atoms with E-state index in [1.807, 2.05) is 6.92 Å². The molecule has 0 aliphatic rings. The van der Waals surface area contributed by atoms with Crippen LogP contribution in [-0.4, -0.2) is 33.2 Å². The molecular formula is C12H24O6. The molecular weight excluding hydrogens is 240 g/mol. The zero-order valence-electron chi connectivity index (χ0n) is 11.3. The minimum atomic E-state index is -0.833. The summed E-state index contributed by atoms with van der Waals surface area (Å²) < 4.78 is 0. The summed E-state index contributed by atoms with van der Waals surface area (Å²) >= 11 is 0. The van der Waals surface area contributed by atoms with Crippen molar-refractivity contribution in [2.45, 2.75) is 59.3 Å². The Morgan fingerprint density at radius 2 is 1.17 bits per heavy atom. The van der Waals surface area contributed by atoms with Gasteiger partial charge in [0.2, 0.25) is 0 Å². The van der Waals surface area contributed by atoms with Crippen LogP contribution in [0.1, 0.15) is 59.3 Å². The monoisotopic (exact) mass is 264 g/mol. The van der Waals surface area contributed by atoms with Crippen molar-refractivity contribution in [2.75, 3.05) is 0 Å². The maximum absolute atomic E-state index is 9.87. The number of carboxylic acid groups (broad SMARTS) is 3. The zero-order chi connectivity index (χ0) is 15.0. The van der Waals surface area contributed by atoms with Crippen molar-refractivity contribution in [2.24, 2.45) is 0 Å². The van der Waals surface area contributed by atoms with Crippen molar-refractivity contribution in [3.63, 3.8) is 0 Å². The molecule has 3 N–H and O–H groups in total. The summed E-state index contributed by atoms with van der Waals surface area (Å²) in [5.41, 5.74) is 0. The Kier molecular flexibility index (Phi) is 21.4. The first-order chi connectivity index (χ1) is 8.27. The van der Waals surface area contributed by atoms with Crippen molar-refractivity contribution < 1.29 is 29.7 Å². The summed E-state index contributed by atoms with van der Waals surface area (Å²) in [6.07, 6.45) is 4.30. The van der Waals surface area contributed by atoms with Crippen LogP contribution in [0.25, 0.3) is 0 Å². The largest absolute Gasteiger partial charge is 0.481 e. The quantitative estimate of drug-likeness (QED) is 0.636. The van der Waals surface area contributed by atoms with Gasteiger partial charge in [-0.1, -0.05) is 26.7 Å². The summed E-state index contributed by atoms with van der Waals surface area (Å²) in [7, 11) is 0. The van der Waals surface area contributed by atoms with E-state index in [0.29, 0.717) is 12.8 Å². The lowest BCUT2D eigenvalue weighted by molar-refractivity contribution is -0.138. The van der Waals surface area contributed by atoms with E-state index in [1.54, 1.807) is 0 Å². The lowest BCUT2D eigenvalue weighted by Gasteiger charge is -1.89. The summed E-state index contributed by atoms with van der Waals surface area (Å²) in [5.74, 6) is -2.23. The average Bonchev–Trinajstić information content (AvgIpc) is 2.17. The van der Waals surface area contributed by atoms with E-state index in [1.165, 1.54) is 0 Å². The van der Waals surface area contributed by atoms with Gasteiger partial charge < -0.3 is 15.3 Å². The summed E-state index contributed by atoms with van der Waals surface area (Å²) in [4.78, 5) is 28.5. The van der Waals surface area contributed by atoms with Gasteiger partial charge in [0, 0.05) is 19.8 Å². The van der Waals surface area contributed by atoms with E-state index in [4.69, 9.17) is 20.1 Å². The fraction of sp³-hybridized carbons (Fsp3) is 0.750. The van der Waals surface area contributed by atoms with Crippen molar-refractivity contribution >= 4 is 17.9 Å². The van der Waals surface area contributed by atoms with Gasteiger partial charge in [-0.3, -0.25) is 14.4 Å².